The summed E-state index contributed by atoms with van der Waals surface area (Å²) in [6, 6.07) is 21.5. The summed E-state index contributed by atoms with van der Waals surface area (Å²) in [5.74, 6) is 2.50. The zero-order valence-electron chi connectivity index (χ0n) is 19.9. The monoisotopic (exact) mass is 489 g/mol. The highest BCUT2D eigenvalue weighted by molar-refractivity contribution is 6.31. The van der Waals surface area contributed by atoms with Crippen molar-refractivity contribution in [2.24, 2.45) is 0 Å². The normalized spacial score (nSPS) is 15.7. The molecule has 1 fully saturated rings. The minimum absolute atomic E-state index is 0.00316. The van der Waals surface area contributed by atoms with Crippen molar-refractivity contribution in [2.75, 3.05) is 25.2 Å². The molecule has 1 aromatic heterocycles. The average Bonchev–Trinajstić information content (AvgIpc) is 3.44. The van der Waals surface area contributed by atoms with Crippen molar-refractivity contribution < 1.29 is 14.3 Å². The van der Waals surface area contributed by atoms with Gasteiger partial charge in [0.05, 0.1) is 24.8 Å². The molecule has 0 N–H and O–H groups in total. The molecule has 0 bridgehead atoms. The Morgan fingerprint density at radius 1 is 1.06 bits per heavy atom. The van der Waals surface area contributed by atoms with Crippen LogP contribution in [-0.4, -0.2) is 35.7 Å². The van der Waals surface area contributed by atoms with Crippen molar-refractivity contribution >= 4 is 34.2 Å². The predicted octanol–water partition coefficient (Wildman–Crippen LogP) is 6.00. The van der Waals surface area contributed by atoms with Gasteiger partial charge in [0.2, 0.25) is 5.91 Å². The van der Waals surface area contributed by atoms with Gasteiger partial charge in [-0.2, -0.15) is 0 Å². The number of halogens is 1. The molecule has 1 aliphatic heterocycles. The third-order valence-electron chi connectivity index (χ3n) is 6.49. The molecule has 0 saturated carbocycles. The summed E-state index contributed by atoms with van der Waals surface area (Å²) in [6.45, 7) is 3.87. The fourth-order valence-electron chi connectivity index (χ4n) is 4.77. The van der Waals surface area contributed by atoms with Gasteiger partial charge in [0.15, 0.2) is 11.5 Å². The van der Waals surface area contributed by atoms with Crippen LogP contribution in [0.15, 0.2) is 66.7 Å². The first-order chi connectivity index (χ1) is 17.0. The van der Waals surface area contributed by atoms with E-state index in [1.54, 1.807) is 7.11 Å². The highest BCUT2D eigenvalue weighted by Gasteiger charge is 2.35. The Kier molecular flexibility index (Phi) is 6.64. The third-order valence-corrected chi connectivity index (χ3v) is 6.72. The number of rotatable bonds is 8. The zero-order chi connectivity index (χ0) is 24.4. The van der Waals surface area contributed by atoms with Crippen LogP contribution in [0.25, 0.3) is 11.0 Å². The Bertz CT molecular complexity index is 1370. The van der Waals surface area contributed by atoms with Crippen molar-refractivity contribution in [1.29, 1.82) is 0 Å². The van der Waals surface area contributed by atoms with Crippen LogP contribution in [0.5, 0.6) is 11.5 Å². The van der Waals surface area contributed by atoms with Crippen LogP contribution in [0.3, 0.4) is 0 Å². The van der Waals surface area contributed by atoms with E-state index in [4.69, 9.17) is 26.1 Å². The quantitative estimate of drug-likeness (QED) is 0.285. The summed E-state index contributed by atoms with van der Waals surface area (Å²) in [5, 5.41) is 0.629. The number of hydrogen-bond acceptors (Lipinski definition) is 4. The molecule has 1 saturated heterocycles. The third kappa shape index (κ3) is 4.71. The maximum absolute atomic E-state index is 13.0. The number of carbonyl (C=O) groups excluding carboxylic acids is 1. The molecule has 0 radical (unpaired) electrons. The standard InChI is InChI=1S/C28H28ClN3O3/c1-19-12-13-21(29)17-24(19)32-18-20(16-27(32)33)28-30-22-8-3-4-9-23(22)31(28)14-7-15-35-26-11-6-5-10-25(26)34-2/h3-6,8-13,17,20H,7,14-16,18H2,1-2H3. The highest BCUT2D eigenvalue weighted by atomic mass is 35.5. The fraction of sp³-hybridized carbons (Fsp3) is 0.286. The van der Waals surface area contributed by atoms with Gasteiger partial charge in [0.25, 0.3) is 0 Å². The van der Waals surface area contributed by atoms with Crippen LogP contribution in [0, 0.1) is 6.92 Å². The van der Waals surface area contributed by atoms with E-state index in [0.717, 1.165) is 52.6 Å². The SMILES string of the molecule is COc1ccccc1OCCCn1c(C2CC(=O)N(c3cc(Cl)ccc3C)C2)nc2ccccc21. The number of carbonyl (C=O) groups is 1. The number of imidazole rings is 1. The van der Waals surface area contributed by atoms with E-state index in [-0.39, 0.29) is 11.8 Å². The van der Waals surface area contributed by atoms with Crippen molar-refractivity contribution in [1.82, 2.24) is 9.55 Å². The summed E-state index contributed by atoms with van der Waals surface area (Å²) in [6.07, 6.45) is 1.22. The van der Waals surface area contributed by atoms with Gasteiger partial charge in [-0.25, -0.2) is 4.98 Å². The van der Waals surface area contributed by atoms with Crippen LogP contribution < -0.4 is 14.4 Å². The number of benzene rings is 3. The summed E-state index contributed by atoms with van der Waals surface area (Å²) < 4.78 is 13.6. The zero-order valence-corrected chi connectivity index (χ0v) is 20.7. The molecule has 1 unspecified atom stereocenters. The van der Waals surface area contributed by atoms with Crippen molar-refractivity contribution in [3.05, 3.63) is 83.1 Å². The van der Waals surface area contributed by atoms with Crippen LogP contribution in [0.4, 0.5) is 5.69 Å². The van der Waals surface area contributed by atoms with Gasteiger partial charge < -0.3 is 18.9 Å². The molecule has 7 heteroatoms. The van der Waals surface area contributed by atoms with E-state index < -0.39 is 0 Å². The van der Waals surface area contributed by atoms with Gasteiger partial charge >= 0.3 is 0 Å². The number of amides is 1. The number of aromatic nitrogens is 2. The second kappa shape index (κ2) is 10.0. The maximum atomic E-state index is 13.0. The number of para-hydroxylation sites is 4. The minimum Gasteiger partial charge on any atom is -0.493 e. The second-order valence-corrected chi connectivity index (χ2v) is 9.24. The summed E-state index contributed by atoms with van der Waals surface area (Å²) >= 11 is 6.24. The number of nitrogens with zero attached hydrogens (tertiary/aromatic N) is 3. The van der Waals surface area contributed by atoms with Gasteiger partial charge in [-0.3, -0.25) is 4.79 Å². The van der Waals surface area contributed by atoms with Crippen LogP contribution in [-0.2, 0) is 11.3 Å². The number of ether oxygens (including phenoxy) is 2. The number of fused-ring (bicyclic) bond motifs is 1. The van der Waals surface area contributed by atoms with Crippen molar-refractivity contribution in [3.63, 3.8) is 0 Å². The molecule has 0 spiro atoms. The molecule has 180 valence electrons. The Morgan fingerprint density at radius 3 is 2.66 bits per heavy atom. The largest absolute Gasteiger partial charge is 0.493 e. The molecule has 3 aromatic carbocycles. The first-order valence-electron chi connectivity index (χ1n) is 11.8. The Balaban J connectivity index is 1.36. The van der Waals surface area contributed by atoms with Crippen molar-refractivity contribution in [2.45, 2.75) is 32.2 Å². The molecule has 1 aliphatic rings. The summed E-state index contributed by atoms with van der Waals surface area (Å²) in [5.41, 5.74) is 3.92. The van der Waals surface area contributed by atoms with Crippen LogP contribution >= 0.6 is 11.6 Å². The lowest BCUT2D eigenvalue weighted by Gasteiger charge is -2.20. The Morgan fingerprint density at radius 2 is 1.83 bits per heavy atom. The van der Waals surface area contributed by atoms with Gasteiger partial charge in [0.1, 0.15) is 5.82 Å². The Labute approximate surface area is 210 Å². The van der Waals surface area contributed by atoms with E-state index >= 15 is 0 Å². The smallest absolute Gasteiger partial charge is 0.227 e. The molecule has 5 rings (SSSR count). The molecular weight excluding hydrogens is 462 g/mol. The number of hydrogen-bond donors (Lipinski definition) is 0. The lowest BCUT2D eigenvalue weighted by molar-refractivity contribution is -0.117. The molecule has 2 heterocycles. The topological polar surface area (TPSA) is 56.6 Å². The number of aryl methyl sites for hydroxylation is 2. The molecular formula is C28H28ClN3O3. The molecule has 35 heavy (non-hydrogen) atoms. The van der Waals surface area contributed by atoms with E-state index in [9.17, 15) is 4.79 Å². The highest BCUT2D eigenvalue weighted by Crippen LogP contribution is 2.35. The van der Waals surface area contributed by atoms with Gasteiger partial charge in [-0.1, -0.05) is 41.9 Å². The van der Waals surface area contributed by atoms with Crippen LogP contribution in [0.1, 0.15) is 30.1 Å². The fourth-order valence-corrected chi connectivity index (χ4v) is 4.94. The lowest BCUT2D eigenvalue weighted by Crippen LogP contribution is -2.25. The average molecular weight is 490 g/mol. The van der Waals surface area contributed by atoms with Crippen LogP contribution in [0.2, 0.25) is 5.02 Å². The van der Waals surface area contributed by atoms with E-state index in [1.807, 2.05) is 72.5 Å². The molecule has 6 nitrogen and oxygen atoms in total. The number of anilines is 1. The molecule has 1 amide bonds. The molecule has 4 aromatic rings. The minimum atomic E-state index is 0.00316. The Hall–Kier alpha value is -3.51. The lowest BCUT2D eigenvalue weighted by atomic mass is 10.1. The summed E-state index contributed by atoms with van der Waals surface area (Å²) in [7, 11) is 1.64. The van der Waals surface area contributed by atoms with E-state index in [2.05, 4.69) is 10.6 Å². The first kappa shape index (κ1) is 23.2. The molecule has 1 atom stereocenters. The first-order valence-corrected chi connectivity index (χ1v) is 12.2. The van der Waals surface area contributed by atoms with Gasteiger partial charge in [-0.15, -0.1) is 0 Å². The van der Waals surface area contributed by atoms with Gasteiger partial charge in [0, 0.05) is 36.1 Å². The van der Waals surface area contributed by atoms with E-state index in [0.29, 0.717) is 24.6 Å². The number of methoxy groups -OCH3 is 1. The van der Waals surface area contributed by atoms with E-state index in [1.165, 1.54) is 0 Å². The second-order valence-electron chi connectivity index (χ2n) is 8.80. The van der Waals surface area contributed by atoms with Gasteiger partial charge in [-0.05, 0) is 55.3 Å². The summed E-state index contributed by atoms with van der Waals surface area (Å²) in [4.78, 5) is 19.8. The maximum Gasteiger partial charge on any atom is 0.227 e. The predicted molar refractivity (Wildman–Crippen MR) is 139 cm³/mol. The molecule has 0 aliphatic carbocycles. The van der Waals surface area contributed by atoms with Crippen molar-refractivity contribution in [3.8, 4) is 11.5 Å².